The first-order valence-electron chi connectivity index (χ1n) is 11.1. The van der Waals surface area contributed by atoms with E-state index in [0.717, 1.165) is 12.1 Å². The van der Waals surface area contributed by atoms with Crippen molar-refractivity contribution < 1.29 is 32.1 Å². The first kappa shape index (κ1) is 25.3. The van der Waals surface area contributed by atoms with Crippen LogP contribution in [0.15, 0.2) is 47.4 Å². The van der Waals surface area contributed by atoms with Crippen molar-refractivity contribution in [1.29, 1.82) is 0 Å². The van der Waals surface area contributed by atoms with E-state index in [1.54, 1.807) is 11.0 Å². The molecule has 36 heavy (non-hydrogen) atoms. The van der Waals surface area contributed by atoms with Gasteiger partial charge in [-0.15, -0.1) is 0 Å². The standard InChI is InChI=1S/C22H24FN5O7S/c1-15(29)24-13-18-14-27(22(30)35-18)17-4-7-21(20(23)12-17)25-8-10-26(11-9-25)36(33,34)19-5-2-16(3-6-19)28(31)32/h2-7,12,18H,8-11,13-14H2,1H3,(H,24,29)/t18-/m0/s1. The summed E-state index contributed by atoms with van der Waals surface area (Å²) in [6.07, 6.45) is -1.18. The molecule has 0 bridgehead atoms. The number of hydrogen-bond donors (Lipinski definition) is 1. The van der Waals surface area contributed by atoms with Crippen molar-refractivity contribution in [2.24, 2.45) is 0 Å². The number of halogens is 1. The Kier molecular flexibility index (Phi) is 7.08. The monoisotopic (exact) mass is 521 g/mol. The van der Waals surface area contributed by atoms with Gasteiger partial charge in [0, 0.05) is 45.2 Å². The SMILES string of the molecule is CC(=O)NC[C@H]1CN(c2ccc(N3CCN(S(=O)(=O)c4ccc([N+](=O)[O-])cc4)CC3)c(F)c2)C(=O)O1. The van der Waals surface area contributed by atoms with Crippen LogP contribution in [0, 0.1) is 15.9 Å². The highest BCUT2D eigenvalue weighted by molar-refractivity contribution is 7.89. The number of carbonyl (C=O) groups excluding carboxylic acids is 2. The lowest BCUT2D eigenvalue weighted by atomic mass is 10.2. The van der Waals surface area contributed by atoms with Crippen LogP contribution < -0.4 is 15.1 Å². The van der Waals surface area contributed by atoms with Gasteiger partial charge in [-0.25, -0.2) is 17.6 Å². The Morgan fingerprint density at radius 2 is 1.83 bits per heavy atom. The van der Waals surface area contributed by atoms with Crippen molar-refractivity contribution >= 4 is 39.1 Å². The maximum absolute atomic E-state index is 15.0. The molecule has 2 aromatic rings. The molecular weight excluding hydrogens is 497 g/mol. The lowest BCUT2D eigenvalue weighted by Crippen LogP contribution is -2.48. The molecule has 0 aliphatic carbocycles. The second-order valence-electron chi connectivity index (χ2n) is 8.33. The van der Waals surface area contributed by atoms with Crippen LogP contribution in [0.2, 0.25) is 0 Å². The minimum absolute atomic E-state index is 0.0496. The average molecular weight is 522 g/mol. The molecule has 2 amide bonds. The Labute approximate surface area is 206 Å². The number of sulfonamides is 1. The summed E-state index contributed by atoms with van der Waals surface area (Å²) in [7, 11) is -3.85. The van der Waals surface area contributed by atoms with Crippen LogP contribution in [0.1, 0.15) is 6.92 Å². The second kappa shape index (κ2) is 10.1. The van der Waals surface area contributed by atoms with Crippen molar-refractivity contribution in [3.05, 3.63) is 58.4 Å². The minimum atomic E-state index is -3.85. The molecule has 12 nitrogen and oxygen atoms in total. The number of rotatable bonds is 7. The molecule has 1 N–H and O–H groups in total. The van der Waals surface area contributed by atoms with Crippen molar-refractivity contribution in [3.8, 4) is 0 Å². The van der Waals surface area contributed by atoms with Gasteiger partial charge in [0.1, 0.15) is 11.9 Å². The number of non-ortho nitro benzene ring substituents is 1. The molecule has 192 valence electrons. The number of hydrogen-bond acceptors (Lipinski definition) is 8. The van der Waals surface area contributed by atoms with E-state index in [0.29, 0.717) is 5.69 Å². The molecule has 0 saturated carbocycles. The Morgan fingerprint density at radius 1 is 1.17 bits per heavy atom. The first-order chi connectivity index (χ1) is 17.1. The zero-order chi connectivity index (χ0) is 26.0. The number of nitrogens with zero attached hydrogens (tertiary/aromatic N) is 4. The number of benzene rings is 2. The molecule has 2 aliphatic heterocycles. The highest BCUT2D eigenvalue weighted by Gasteiger charge is 2.34. The zero-order valence-electron chi connectivity index (χ0n) is 19.3. The highest BCUT2D eigenvalue weighted by atomic mass is 32.2. The van der Waals surface area contributed by atoms with Crippen molar-refractivity contribution in [2.75, 3.05) is 49.1 Å². The van der Waals surface area contributed by atoms with E-state index in [9.17, 15) is 28.1 Å². The summed E-state index contributed by atoms with van der Waals surface area (Å²) in [5.41, 5.74) is 0.377. The molecule has 2 saturated heterocycles. The topological polar surface area (TPSA) is 142 Å². The summed E-state index contributed by atoms with van der Waals surface area (Å²) >= 11 is 0. The highest BCUT2D eigenvalue weighted by Crippen LogP contribution is 2.29. The number of carbonyl (C=O) groups is 2. The number of ether oxygens (including phenoxy) is 1. The van der Waals surface area contributed by atoms with Gasteiger partial charge < -0.3 is 15.0 Å². The summed E-state index contributed by atoms with van der Waals surface area (Å²) in [6, 6.07) is 9.00. The molecule has 0 aromatic heterocycles. The van der Waals surface area contributed by atoms with Crippen molar-refractivity contribution in [3.63, 3.8) is 0 Å². The van der Waals surface area contributed by atoms with E-state index in [1.807, 2.05) is 0 Å². The minimum Gasteiger partial charge on any atom is -0.442 e. The average Bonchev–Trinajstić information content (AvgIpc) is 3.23. The molecule has 14 heteroatoms. The second-order valence-corrected chi connectivity index (χ2v) is 10.3. The van der Waals surface area contributed by atoms with Gasteiger partial charge in [-0.2, -0.15) is 4.31 Å². The van der Waals surface area contributed by atoms with Crippen LogP contribution in [0.4, 0.5) is 26.2 Å². The summed E-state index contributed by atoms with van der Waals surface area (Å²) in [4.78, 5) is 36.4. The number of nitro groups is 1. The van der Waals surface area contributed by atoms with Gasteiger partial charge in [0.15, 0.2) is 0 Å². The Balaban J connectivity index is 1.40. The van der Waals surface area contributed by atoms with Crippen molar-refractivity contribution in [2.45, 2.75) is 17.9 Å². The molecule has 2 aromatic carbocycles. The Hall–Kier alpha value is -3.78. The zero-order valence-corrected chi connectivity index (χ0v) is 20.1. The number of anilines is 2. The summed E-state index contributed by atoms with van der Waals surface area (Å²) in [5, 5.41) is 13.4. The van der Waals surface area contributed by atoms with Crippen LogP contribution in [0.3, 0.4) is 0 Å². The van der Waals surface area contributed by atoms with Crippen LogP contribution in [0.5, 0.6) is 0 Å². The summed E-state index contributed by atoms with van der Waals surface area (Å²) < 4.78 is 47.3. The smallest absolute Gasteiger partial charge is 0.414 e. The third kappa shape index (κ3) is 5.23. The molecule has 0 radical (unpaired) electrons. The molecule has 0 spiro atoms. The molecule has 2 fully saturated rings. The van der Waals surface area contributed by atoms with Crippen molar-refractivity contribution in [1.82, 2.24) is 9.62 Å². The maximum atomic E-state index is 15.0. The van der Waals surface area contributed by atoms with Gasteiger partial charge in [0.2, 0.25) is 15.9 Å². The number of piperazine rings is 1. The third-order valence-corrected chi connectivity index (χ3v) is 7.87. The fraction of sp³-hybridized carbons (Fsp3) is 0.364. The molecule has 2 aliphatic rings. The number of nitro benzene ring substituents is 1. The Morgan fingerprint density at radius 3 is 2.42 bits per heavy atom. The van der Waals surface area contributed by atoms with Crippen LogP contribution in [-0.2, 0) is 19.6 Å². The summed E-state index contributed by atoms with van der Waals surface area (Å²) in [5.74, 6) is -0.821. The number of nitrogens with one attached hydrogen (secondary N) is 1. The number of cyclic esters (lactones) is 1. The summed E-state index contributed by atoms with van der Waals surface area (Å²) in [6.45, 7) is 2.34. The van der Waals surface area contributed by atoms with Gasteiger partial charge in [0.05, 0.1) is 34.3 Å². The lowest BCUT2D eigenvalue weighted by molar-refractivity contribution is -0.384. The van der Waals surface area contributed by atoms with E-state index in [4.69, 9.17) is 4.74 Å². The van der Waals surface area contributed by atoms with Gasteiger partial charge >= 0.3 is 6.09 Å². The van der Waals surface area contributed by atoms with Crippen LogP contribution >= 0.6 is 0 Å². The van der Waals surface area contributed by atoms with E-state index < -0.39 is 33.0 Å². The molecule has 0 unspecified atom stereocenters. The Bertz CT molecular complexity index is 1280. The number of amides is 2. The van der Waals surface area contributed by atoms with Crippen LogP contribution in [-0.4, -0.2) is 75.0 Å². The molecule has 4 rings (SSSR count). The van der Waals surface area contributed by atoms with E-state index >= 15 is 4.39 Å². The first-order valence-corrected chi connectivity index (χ1v) is 12.5. The predicted molar refractivity (Wildman–Crippen MR) is 127 cm³/mol. The van der Waals surface area contributed by atoms with E-state index in [2.05, 4.69) is 5.32 Å². The molecule has 1 atom stereocenters. The quantitative estimate of drug-likeness (QED) is 0.429. The van der Waals surface area contributed by atoms with E-state index in [-0.39, 0.29) is 61.4 Å². The van der Waals surface area contributed by atoms with Gasteiger partial charge in [0.25, 0.3) is 5.69 Å². The molecule has 2 heterocycles. The molecular formula is C22H24FN5O7S. The fourth-order valence-electron chi connectivity index (χ4n) is 4.07. The third-order valence-electron chi connectivity index (χ3n) is 5.96. The van der Waals surface area contributed by atoms with Gasteiger partial charge in [-0.3, -0.25) is 19.8 Å². The normalized spacial score (nSPS) is 18.7. The maximum Gasteiger partial charge on any atom is 0.414 e. The lowest BCUT2D eigenvalue weighted by Gasteiger charge is -2.35. The van der Waals surface area contributed by atoms with Gasteiger partial charge in [-0.1, -0.05) is 0 Å². The largest absolute Gasteiger partial charge is 0.442 e. The predicted octanol–water partition coefficient (Wildman–Crippen LogP) is 1.71. The van der Waals surface area contributed by atoms with Gasteiger partial charge in [-0.05, 0) is 30.3 Å². The van der Waals surface area contributed by atoms with Crippen LogP contribution in [0.25, 0.3) is 0 Å². The fourth-order valence-corrected chi connectivity index (χ4v) is 5.50. The van der Waals surface area contributed by atoms with E-state index in [1.165, 1.54) is 40.4 Å².